The molecule has 0 saturated carbocycles. The summed E-state index contributed by atoms with van der Waals surface area (Å²) < 4.78 is 27.5. The molecular weight excluding hydrogens is 268 g/mol. The standard InChI is InChI=1S/C15H14ClF2N/c1-2-19-15(10-6-4-3-5-7-10)11-8-14(18)12(16)9-13(11)17/h3-9,15,19H,2H2,1H3. The quantitative estimate of drug-likeness (QED) is 0.823. The van der Waals surface area contributed by atoms with E-state index in [-0.39, 0.29) is 10.6 Å². The van der Waals surface area contributed by atoms with Crippen molar-refractivity contribution in [2.24, 2.45) is 0 Å². The molecule has 0 saturated heterocycles. The maximum atomic E-state index is 14.0. The lowest BCUT2D eigenvalue weighted by atomic mass is 9.98. The van der Waals surface area contributed by atoms with E-state index < -0.39 is 17.7 Å². The number of hydrogen-bond donors (Lipinski definition) is 1. The molecule has 2 aromatic rings. The van der Waals surface area contributed by atoms with Gasteiger partial charge in [0.2, 0.25) is 0 Å². The SMILES string of the molecule is CCNC(c1ccccc1)c1cc(F)c(Cl)cc1F. The van der Waals surface area contributed by atoms with Gasteiger partial charge in [0.1, 0.15) is 11.6 Å². The van der Waals surface area contributed by atoms with Crippen LogP contribution < -0.4 is 5.32 Å². The van der Waals surface area contributed by atoms with Gasteiger partial charge in [0.25, 0.3) is 0 Å². The zero-order valence-corrected chi connectivity index (χ0v) is 11.2. The molecule has 1 atom stereocenters. The Morgan fingerprint density at radius 3 is 2.42 bits per heavy atom. The van der Waals surface area contributed by atoms with E-state index in [0.29, 0.717) is 6.54 Å². The summed E-state index contributed by atoms with van der Waals surface area (Å²) in [5.41, 5.74) is 1.14. The van der Waals surface area contributed by atoms with Crippen LogP contribution in [0.25, 0.3) is 0 Å². The van der Waals surface area contributed by atoms with Crippen LogP contribution in [0.1, 0.15) is 24.1 Å². The molecule has 0 amide bonds. The summed E-state index contributed by atoms with van der Waals surface area (Å²) in [5.74, 6) is -1.13. The topological polar surface area (TPSA) is 12.0 Å². The highest BCUT2D eigenvalue weighted by Gasteiger charge is 2.19. The third-order valence-corrected chi connectivity index (χ3v) is 3.18. The Kier molecular flexibility index (Phi) is 4.51. The van der Waals surface area contributed by atoms with Crippen LogP contribution in [0.5, 0.6) is 0 Å². The molecule has 0 aromatic heterocycles. The number of halogens is 3. The van der Waals surface area contributed by atoms with Crippen LogP contribution in [0.15, 0.2) is 42.5 Å². The van der Waals surface area contributed by atoms with Crippen molar-refractivity contribution in [3.05, 3.63) is 70.2 Å². The van der Waals surface area contributed by atoms with E-state index in [9.17, 15) is 8.78 Å². The number of benzene rings is 2. The van der Waals surface area contributed by atoms with Crippen molar-refractivity contribution in [3.8, 4) is 0 Å². The van der Waals surface area contributed by atoms with E-state index in [0.717, 1.165) is 17.7 Å². The maximum absolute atomic E-state index is 14.0. The summed E-state index contributed by atoms with van der Waals surface area (Å²) in [4.78, 5) is 0. The minimum absolute atomic E-state index is 0.204. The fourth-order valence-corrected chi connectivity index (χ4v) is 2.17. The molecule has 0 heterocycles. The van der Waals surface area contributed by atoms with Crippen LogP contribution in [0, 0.1) is 11.6 Å². The van der Waals surface area contributed by atoms with E-state index >= 15 is 0 Å². The van der Waals surface area contributed by atoms with Gasteiger partial charge in [-0.15, -0.1) is 0 Å². The molecule has 1 N–H and O–H groups in total. The lowest BCUT2D eigenvalue weighted by molar-refractivity contribution is 0.545. The molecule has 0 aliphatic heterocycles. The van der Waals surface area contributed by atoms with Crippen molar-refractivity contribution in [2.75, 3.05) is 6.54 Å². The first-order valence-electron chi connectivity index (χ1n) is 6.06. The molecule has 2 aromatic carbocycles. The highest BCUT2D eigenvalue weighted by Crippen LogP contribution is 2.28. The first-order chi connectivity index (χ1) is 9.13. The van der Waals surface area contributed by atoms with Gasteiger partial charge >= 0.3 is 0 Å². The normalized spacial score (nSPS) is 12.4. The largest absolute Gasteiger partial charge is 0.306 e. The van der Waals surface area contributed by atoms with Crippen LogP contribution in [0.4, 0.5) is 8.78 Å². The van der Waals surface area contributed by atoms with Crippen LogP contribution in [-0.4, -0.2) is 6.54 Å². The Labute approximate surface area is 116 Å². The van der Waals surface area contributed by atoms with E-state index in [4.69, 9.17) is 11.6 Å². The van der Waals surface area contributed by atoms with E-state index in [1.165, 1.54) is 0 Å². The Morgan fingerprint density at radius 1 is 1.11 bits per heavy atom. The van der Waals surface area contributed by atoms with Crippen LogP contribution in [0.3, 0.4) is 0 Å². The lowest BCUT2D eigenvalue weighted by Crippen LogP contribution is -2.23. The minimum atomic E-state index is -0.614. The van der Waals surface area contributed by atoms with Gasteiger partial charge in [-0.3, -0.25) is 0 Å². The molecule has 0 aliphatic rings. The first-order valence-corrected chi connectivity index (χ1v) is 6.44. The predicted molar refractivity (Wildman–Crippen MR) is 73.3 cm³/mol. The number of nitrogens with one attached hydrogen (secondary N) is 1. The average Bonchev–Trinajstić information content (AvgIpc) is 2.42. The maximum Gasteiger partial charge on any atom is 0.142 e. The van der Waals surface area contributed by atoms with Gasteiger partial charge in [0.05, 0.1) is 11.1 Å². The Bertz CT molecular complexity index is 558. The van der Waals surface area contributed by atoms with Gasteiger partial charge in [-0.25, -0.2) is 8.78 Å². The van der Waals surface area contributed by atoms with Gasteiger partial charge in [-0.2, -0.15) is 0 Å². The van der Waals surface area contributed by atoms with E-state index in [1.54, 1.807) is 0 Å². The Balaban J connectivity index is 2.48. The molecule has 100 valence electrons. The van der Waals surface area contributed by atoms with E-state index in [2.05, 4.69) is 5.32 Å². The fraction of sp³-hybridized carbons (Fsp3) is 0.200. The van der Waals surface area contributed by atoms with Gasteiger partial charge < -0.3 is 5.32 Å². The highest BCUT2D eigenvalue weighted by molar-refractivity contribution is 6.30. The van der Waals surface area contributed by atoms with Crippen LogP contribution >= 0.6 is 11.6 Å². The predicted octanol–water partition coefficient (Wildman–Crippen LogP) is 4.32. The Hall–Kier alpha value is -1.45. The molecule has 0 aliphatic carbocycles. The van der Waals surface area contributed by atoms with Gasteiger partial charge in [0, 0.05) is 5.56 Å². The third-order valence-electron chi connectivity index (χ3n) is 2.89. The van der Waals surface area contributed by atoms with E-state index in [1.807, 2.05) is 37.3 Å². The second-order valence-corrected chi connectivity index (χ2v) is 4.60. The fourth-order valence-electron chi connectivity index (χ4n) is 2.02. The molecular formula is C15H14ClF2N. The summed E-state index contributed by atoms with van der Waals surface area (Å²) in [6.45, 7) is 2.56. The summed E-state index contributed by atoms with van der Waals surface area (Å²) in [5, 5.41) is 2.95. The monoisotopic (exact) mass is 281 g/mol. The zero-order chi connectivity index (χ0) is 13.8. The van der Waals surface area contributed by atoms with Crippen molar-refractivity contribution >= 4 is 11.6 Å². The molecule has 0 radical (unpaired) electrons. The second-order valence-electron chi connectivity index (χ2n) is 4.19. The molecule has 2 rings (SSSR count). The molecule has 1 nitrogen and oxygen atoms in total. The molecule has 0 spiro atoms. The summed E-state index contributed by atoms with van der Waals surface area (Å²) in [6.07, 6.45) is 0. The lowest BCUT2D eigenvalue weighted by Gasteiger charge is -2.20. The second kappa shape index (κ2) is 6.13. The molecule has 0 fully saturated rings. The zero-order valence-electron chi connectivity index (χ0n) is 10.5. The van der Waals surface area contributed by atoms with Gasteiger partial charge in [-0.1, -0.05) is 48.9 Å². The smallest absolute Gasteiger partial charge is 0.142 e. The Morgan fingerprint density at radius 2 is 1.79 bits per heavy atom. The summed E-state index contributed by atoms with van der Waals surface area (Å²) in [7, 11) is 0. The highest BCUT2D eigenvalue weighted by atomic mass is 35.5. The molecule has 19 heavy (non-hydrogen) atoms. The third kappa shape index (κ3) is 3.11. The van der Waals surface area contributed by atoms with Gasteiger partial charge in [-0.05, 0) is 24.2 Å². The number of hydrogen-bond acceptors (Lipinski definition) is 1. The average molecular weight is 282 g/mol. The van der Waals surface area contributed by atoms with Crippen molar-refractivity contribution in [1.82, 2.24) is 5.32 Å². The molecule has 1 unspecified atom stereocenters. The van der Waals surface area contributed by atoms with Crippen LogP contribution in [0.2, 0.25) is 5.02 Å². The first kappa shape index (κ1) is 14.0. The summed E-state index contributed by atoms with van der Waals surface area (Å²) >= 11 is 5.58. The summed E-state index contributed by atoms with van der Waals surface area (Å²) in [6, 6.07) is 11.1. The van der Waals surface area contributed by atoms with Gasteiger partial charge in [0.15, 0.2) is 0 Å². The molecule has 0 bridgehead atoms. The van der Waals surface area contributed by atoms with Crippen molar-refractivity contribution in [2.45, 2.75) is 13.0 Å². The molecule has 4 heteroatoms. The van der Waals surface area contributed by atoms with Crippen LogP contribution in [-0.2, 0) is 0 Å². The van der Waals surface area contributed by atoms with Crippen molar-refractivity contribution in [3.63, 3.8) is 0 Å². The van der Waals surface area contributed by atoms with Crippen molar-refractivity contribution < 1.29 is 8.78 Å². The number of rotatable bonds is 4. The van der Waals surface area contributed by atoms with Crippen molar-refractivity contribution in [1.29, 1.82) is 0 Å². The minimum Gasteiger partial charge on any atom is -0.306 e.